The molecule has 3 nitrogen and oxygen atoms in total. The number of halogens is 3. The van der Waals surface area contributed by atoms with Crippen molar-refractivity contribution in [2.24, 2.45) is 0 Å². The second kappa shape index (κ2) is 6.81. The number of carbonyl (C=O) groups is 1. The molecule has 0 saturated carbocycles. The molecule has 2 rings (SSSR count). The average molecular weight is 435 g/mol. The molecule has 2 aromatic carbocycles. The molecule has 21 heavy (non-hydrogen) atoms. The van der Waals surface area contributed by atoms with Gasteiger partial charge in [-0.3, -0.25) is 4.79 Å². The van der Waals surface area contributed by atoms with Crippen LogP contribution in [0.25, 0.3) is 0 Å². The zero-order valence-electron chi connectivity index (χ0n) is 11.2. The van der Waals surface area contributed by atoms with Gasteiger partial charge in [0, 0.05) is 25.6 Å². The van der Waals surface area contributed by atoms with Gasteiger partial charge in [0.05, 0.1) is 19.8 Å². The predicted octanol–water partition coefficient (Wildman–Crippen LogP) is 5.11. The third-order valence-electron chi connectivity index (χ3n) is 2.83. The maximum absolute atomic E-state index is 12.7. The molecular weight excluding hydrogens is 423 g/mol. The van der Waals surface area contributed by atoms with Gasteiger partial charge in [-0.2, -0.15) is 0 Å². The van der Waals surface area contributed by atoms with Gasteiger partial charge < -0.3 is 9.47 Å². The summed E-state index contributed by atoms with van der Waals surface area (Å²) in [6, 6.07) is 8.43. The Labute approximate surface area is 144 Å². The van der Waals surface area contributed by atoms with Gasteiger partial charge in [0.15, 0.2) is 5.78 Å². The molecule has 0 atom stereocenters. The second-order valence-corrected chi connectivity index (χ2v) is 6.38. The molecule has 0 bridgehead atoms. The zero-order chi connectivity index (χ0) is 15.6. The fraction of sp³-hybridized carbons (Fsp3) is 0.133. The van der Waals surface area contributed by atoms with Crippen molar-refractivity contribution in [2.45, 2.75) is 0 Å². The van der Waals surface area contributed by atoms with E-state index in [2.05, 4.69) is 31.9 Å². The number of ether oxygens (including phenoxy) is 2. The molecule has 0 fully saturated rings. The number of methoxy groups -OCH3 is 2. The second-order valence-electron chi connectivity index (χ2n) is 4.17. The van der Waals surface area contributed by atoms with E-state index in [4.69, 9.17) is 21.1 Å². The highest BCUT2D eigenvalue weighted by molar-refractivity contribution is 9.10. The van der Waals surface area contributed by atoms with Crippen molar-refractivity contribution in [1.29, 1.82) is 0 Å². The molecule has 0 aliphatic carbocycles. The predicted molar refractivity (Wildman–Crippen MR) is 89.8 cm³/mol. The molecule has 0 radical (unpaired) electrons. The summed E-state index contributed by atoms with van der Waals surface area (Å²) in [6.45, 7) is 0. The van der Waals surface area contributed by atoms with Crippen LogP contribution in [0.15, 0.2) is 39.3 Å². The standard InChI is InChI=1S/C15H11Br2ClO3/c1-20-11-6-12(17)14(13(7-11)21-2)15(19)8-3-9(16)5-10(18)4-8/h3-7H,1-2H3. The van der Waals surface area contributed by atoms with Gasteiger partial charge in [-0.15, -0.1) is 0 Å². The molecule has 0 saturated heterocycles. The SMILES string of the molecule is COc1cc(Br)c(C(=O)c2cc(Cl)cc(Br)c2)c(OC)c1. The molecule has 0 heterocycles. The Morgan fingerprint density at radius 1 is 1.05 bits per heavy atom. The first kappa shape index (κ1) is 16.3. The van der Waals surface area contributed by atoms with E-state index in [0.29, 0.717) is 32.1 Å². The summed E-state index contributed by atoms with van der Waals surface area (Å²) in [5.74, 6) is 0.842. The van der Waals surface area contributed by atoms with Crippen LogP contribution >= 0.6 is 43.5 Å². The van der Waals surface area contributed by atoms with Crippen LogP contribution in [-0.4, -0.2) is 20.0 Å². The van der Waals surface area contributed by atoms with Crippen LogP contribution in [0.5, 0.6) is 11.5 Å². The fourth-order valence-electron chi connectivity index (χ4n) is 1.89. The van der Waals surface area contributed by atoms with Crippen molar-refractivity contribution >= 4 is 49.2 Å². The van der Waals surface area contributed by atoms with E-state index in [0.717, 1.165) is 4.47 Å². The van der Waals surface area contributed by atoms with Gasteiger partial charge in [0.2, 0.25) is 0 Å². The van der Waals surface area contributed by atoms with Crippen LogP contribution in [0.2, 0.25) is 5.02 Å². The lowest BCUT2D eigenvalue weighted by Crippen LogP contribution is -2.06. The number of ketones is 1. The van der Waals surface area contributed by atoms with E-state index in [-0.39, 0.29) is 5.78 Å². The molecule has 0 spiro atoms. The third-order valence-corrected chi connectivity index (χ3v) is 4.14. The van der Waals surface area contributed by atoms with Crippen molar-refractivity contribution in [2.75, 3.05) is 14.2 Å². The molecule has 0 unspecified atom stereocenters. The van der Waals surface area contributed by atoms with E-state index < -0.39 is 0 Å². The van der Waals surface area contributed by atoms with Crippen LogP contribution < -0.4 is 9.47 Å². The minimum absolute atomic E-state index is 0.190. The maximum Gasteiger partial charge on any atom is 0.197 e. The van der Waals surface area contributed by atoms with Crippen LogP contribution in [0, 0.1) is 0 Å². The first-order valence-corrected chi connectivity index (χ1v) is 7.85. The van der Waals surface area contributed by atoms with Gasteiger partial charge in [0.1, 0.15) is 11.5 Å². The lowest BCUT2D eigenvalue weighted by atomic mass is 10.0. The Morgan fingerprint density at radius 2 is 1.76 bits per heavy atom. The maximum atomic E-state index is 12.7. The minimum Gasteiger partial charge on any atom is -0.497 e. The summed E-state index contributed by atoms with van der Waals surface area (Å²) in [6.07, 6.45) is 0. The molecule has 0 N–H and O–H groups in total. The Kier molecular flexibility index (Phi) is 5.30. The summed E-state index contributed by atoms with van der Waals surface area (Å²) in [4.78, 5) is 12.7. The summed E-state index contributed by atoms with van der Waals surface area (Å²) < 4.78 is 11.8. The number of hydrogen-bond donors (Lipinski definition) is 0. The lowest BCUT2D eigenvalue weighted by Gasteiger charge is -2.12. The summed E-state index contributed by atoms with van der Waals surface area (Å²) in [5, 5.41) is 0.483. The molecule has 0 amide bonds. The van der Waals surface area contributed by atoms with Gasteiger partial charge in [-0.25, -0.2) is 0 Å². The van der Waals surface area contributed by atoms with E-state index in [1.54, 1.807) is 37.4 Å². The van der Waals surface area contributed by atoms with Crippen LogP contribution in [0.4, 0.5) is 0 Å². The van der Waals surface area contributed by atoms with Crippen molar-refractivity contribution in [3.8, 4) is 11.5 Å². The minimum atomic E-state index is -0.190. The van der Waals surface area contributed by atoms with Gasteiger partial charge in [0.25, 0.3) is 0 Å². The Bertz CT molecular complexity index is 681. The fourth-order valence-corrected chi connectivity index (χ4v) is 3.35. The summed E-state index contributed by atoms with van der Waals surface area (Å²) >= 11 is 12.7. The number of rotatable bonds is 4. The van der Waals surface area contributed by atoms with Crippen molar-refractivity contribution < 1.29 is 14.3 Å². The Morgan fingerprint density at radius 3 is 2.33 bits per heavy atom. The van der Waals surface area contributed by atoms with Crippen molar-refractivity contribution in [1.82, 2.24) is 0 Å². The molecule has 110 valence electrons. The largest absolute Gasteiger partial charge is 0.497 e. The normalized spacial score (nSPS) is 10.3. The Hall–Kier alpha value is -1.04. The van der Waals surface area contributed by atoms with Gasteiger partial charge >= 0.3 is 0 Å². The number of carbonyl (C=O) groups excluding carboxylic acids is 1. The smallest absolute Gasteiger partial charge is 0.197 e. The molecule has 2 aromatic rings. The highest BCUT2D eigenvalue weighted by Gasteiger charge is 2.20. The van der Waals surface area contributed by atoms with E-state index >= 15 is 0 Å². The first-order valence-electron chi connectivity index (χ1n) is 5.88. The number of benzene rings is 2. The van der Waals surface area contributed by atoms with E-state index in [1.165, 1.54) is 7.11 Å². The van der Waals surface area contributed by atoms with E-state index in [1.807, 2.05) is 0 Å². The monoisotopic (exact) mass is 432 g/mol. The lowest BCUT2D eigenvalue weighted by molar-refractivity contribution is 0.103. The highest BCUT2D eigenvalue weighted by atomic mass is 79.9. The number of hydrogen-bond acceptors (Lipinski definition) is 3. The van der Waals surface area contributed by atoms with Gasteiger partial charge in [-0.05, 0) is 40.2 Å². The topological polar surface area (TPSA) is 35.5 Å². The summed E-state index contributed by atoms with van der Waals surface area (Å²) in [7, 11) is 3.06. The molecule has 6 heteroatoms. The van der Waals surface area contributed by atoms with Crippen LogP contribution in [-0.2, 0) is 0 Å². The molecule has 0 aliphatic heterocycles. The van der Waals surface area contributed by atoms with Crippen LogP contribution in [0.3, 0.4) is 0 Å². The average Bonchev–Trinajstić information content (AvgIpc) is 2.44. The molecule has 0 aromatic heterocycles. The highest BCUT2D eigenvalue weighted by Crippen LogP contribution is 2.34. The van der Waals surface area contributed by atoms with E-state index in [9.17, 15) is 4.79 Å². The third kappa shape index (κ3) is 3.59. The van der Waals surface area contributed by atoms with Gasteiger partial charge in [-0.1, -0.05) is 27.5 Å². The zero-order valence-corrected chi connectivity index (χ0v) is 15.2. The van der Waals surface area contributed by atoms with Crippen molar-refractivity contribution in [3.63, 3.8) is 0 Å². The first-order chi connectivity index (χ1) is 9.96. The quantitative estimate of drug-likeness (QED) is 0.627. The molecular formula is C15H11Br2ClO3. The van der Waals surface area contributed by atoms with Crippen molar-refractivity contribution in [3.05, 3.63) is 55.4 Å². The van der Waals surface area contributed by atoms with Crippen LogP contribution in [0.1, 0.15) is 15.9 Å². The molecule has 0 aliphatic rings. The summed E-state index contributed by atoms with van der Waals surface area (Å²) in [5.41, 5.74) is 0.894. The Balaban J connectivity index is 2.57.